The molecule has 3 nitrogen and oxygen atoms in total. The predicted octanol–water partition coefficient (Wildman–Crippen LogP) is 2.41. The Bertz CT molecular complexity index is 404. The van der Waals surface area contributed by atoms with E-state index < -0.39 is 5.92 Å². The van der Waals surface area contributed by atoms with Gasteiger partial charge in [-0.2, -0.15) is 5.26 Å². The summed E-state index contributed by atoms with van der Waals surface area (Å²) in [4.78, 5) is 11.7. The van der Waals surface area contributed by atoms with Gasteiger partial charge in [0, 0.05) is 6.08 Å². The van der Waals surface area contributed by atoms with Gasteiger partial charge in [-0.05, 0) is 12.5 Å². The highest BCUT2D eigenvalue weighted by Gasteiger charge is 2.18. The fraction of sp³-hybridized carbons (Fsp3) is 0.231. The number of allylic oxidation sites excluding steroid dienone is 1. The number of benzene rings is 1. The Kier molecular flexibility index (Phi) is 4.81. The van der Waals surface area contributed by atoms with Crippen LogP contribution in [-0.2, 0) is 9.53 Å². The van der Waals surface area contributed by atoms with E-state index in [0.29, 0.717) is 6.61 Å². The molecule has 1 unspecified atom stereocenters. The zero-order chi connectivity index (χ0) is 11.8. The highest BCUT2D eigenvalue weighted by atomic mass is 16.5. The molecule has 1 aromatic rings. The zero-order valence-corrected chi connectivity index (χ0v) is 9.09. The van der Waals surface area contributed by atoms with Gasteiger partial charge in [-0.25, -0.2) is 0 Å². The molecule has 0 bridgehead atoms. The van der Waals surface area contributed by atoms with E-state index in [4.69, 9.17) is 10.00 Å². The molecule has 0 saturated heterocycles. The Hall–Kier alpha value is -2.08. The molecule has 0 spiro atoms. The van der Waals surface area contributed by atoms with Crippen LogP contribution in [0.15, 0.2) is 42.5 Å². The Labute approximate surface area is 95.0 Å². The van der Waals surface area contributed by atoms with Crippen molar-refractivity contribution in [2.24, 2.45) is 0 Å². The molecule has 82 valence electrons. The second-order valence-corrected chi connectivity index (χ2v) is 3.13. The van der Waals surface area contributed by atoms with Crippen molar-refractivity contribution in [1.82, 2.24) is 0 Å². The van der Waals surface area contributed by atoms with Crippen LogP contribution < -0.4 is 0 Å². The molecule has 16 heavy (non-hydrogen) atoms. The van der Waals surface area contributed by atoms with E-state index in [9.17, 15) is 4.79 Å². The molecule has 1 aromatic carbocycles. The molecule has 0 aliphatic carbocycles. The van der Waals surface area contributed by atoms with Gasteiger partial charge in [-0.15, -0.1) is 0 Å². The maximum absolute atomic E-state index is 11.7. The largest absolute Gasteiger partial charge is 0.465 e. The lowest BCUT2D eigenvalue weighted by molar-refractivity contribution is -0.143. The number of rotatable bonds is 4. The molecule has 0 amide bonds. The van der Waals surface area contributed by atoms with Crippen molar-refractivity contribution in [3.05, 3.63) is 48.0 Å². The summed E-state index contributed by atoms with van der Waals surface area (Å²) < 4.78 is 4.96. The quantitative estimate of drug-likeness (QED) is 0.572. The third-order valence-electron chi connectivity index (χ3n) is 2.06. The van der Waals surface area contributed by atoms with Gasteiger partial charge in [0.25, 0.3) is 0 Å². The Morgan fingerprint density at radius 1 is 1.50 bits per heavy atom. The summed E-state index contributed by atoms with van der Waals surface area (Å²) in [6.07, 6.45) is 2.85. The van der Waals surface area contributed by atoms with Crippen molar-refractivity contribution >= 4 is 5.97 Å². The van der Waals surface area contributed by atoms with E-state index >= 15 is 0 Å². The van der Waals surface area contributed by atoms with Crippen molar-refractivity contribution in [2.45, 2.75) is 12.8 Å². The van der Waals surface area contributed by atoms with Gasteiger partial charge in [-0.3, -0.25) is 4.79 Å². The standard InChI is InChI=1S/C13H13NO2/c1-2-16-13(15)12(9-6-10-14)11-7-4-3-5-8-11/h3-9,12H,2H2,1H3/b9-6+. The minimum Gasteiger partial charge on any atom is -0.465 e. The highest BCUT2D eigenvalue weighted by molar-refractivity contribution is 5.80. The second kappa shape index (κ2) is 6.41. The first kappa shape index (κ1) is 12.0. The summed E-state index contributed by atoms with van der Waals surface area (Å²) in [6, 6.07) is 11.1. The maximum Gasteiger partial charge on any atom is 0.317 e. The Balaban J connectivity index is 2.93. The van der Waals surface area contributed by atoms with Gasteiger partial charge in [-0.1, -0.05) is 36.4 Å². The molecule has 1 atom stereocenters. The van der Waals surface area contributed by atoms with Crippen LogP contribution in [0.5, 0.6) is 0 Å². The number of hydrogen-bond donors (Lipinski definition) is 0. The normalized spacial score (nSPS) is 12.0. The van der Waals surface area contributed by atoms with E-state index in [1.165, 1.54) is 6.08 Å². The van der Waals surface area contributed by atoms with Gasteiger partial charge >= 0.3 is 5.97 Å². The predicted molar refractivity (Wildman–Crippen MR) is 60.6 cm³/mol. The van der Waals surface area contributed by atoms with E-state index in [1.54, 1.807) is 13.0 Å². The van der Waals surface area contributed by atoms with Gasteiger partial charge in [0.2, 0.25) is 0 Å². The molecular weight excluding hydrogens is 202 g/mol. The minimum absolute atomic E-state index is 0.333. The average Bonchev–Trinajstić information content (AvgIpc) is 2.31. The van der Waals surface area contributed by atoms with E-state index in [0.717, 1.165) is 5.56 Å². The molecule has 0 radical (unpaired) electrons. The summed E-state index contributed by atoms with van der Waals surface area (Å²) in [5.74, 6) is -0.832. The van der Waals surface area contributed by atoms with Crippen LogP contribution in [0, 0.1) is 11.3 Å². The SMILES string of the molecule is CCOC(=O)C(/C=C/C#N)c1ccccc1. The molecule has 0 N–H and O–H groups in total. The number of carbonyl (C=O) groups is 1. The molecule has 0 aromatic heterocycles. The topological polar surface area (TPSA) is 50.1 Å². The summed E-state index contributed by atoms with van der Waals surface area (Å²) >= 11 is 0. The number of ether oxygens (including phenoxy) is 1. The van der Waals surface area contributed by atoms with Crippen LogP contribution in [0.3, 0.4) is 0 Å². The molecule has 0 fully saturated rings. The molecule has 0 heterocycles. The molecule has 3 heteroatoms. The maximum atomic E-state index is 11.7. The molecule has 1 rings (SSSR count). The fourth-order valence-electron chi connectivity index (χ4n) is 1.36. The summed E-state index contributed by atoms with van der Waals surface area (Å²) in [7, 11) is 0. The van der Waals surface area contributed by atoms with E-state index in [-0.39, 0.29) is 5.97 Å². The number of esters is 1. The fourth-order valence-corrected chi connectivity index (χ4v) is 1.36. The van der Waals surface area contributed by atoms with Crippen LogP contribution in [-0.4, -0.2) is 12.6 Å². The first-order valence-corrected chi connectivity index (χ1v) is 5.07. The molecule has 0 aliphatic heterocycles. The highest BCUT2D eigenvalue weighted by Crippen LogP contribution is 2.18. The Morgan fingerprint density at radius 2 is 2.19 bits per heavy atom. The van der Waals surface area contributed by atoms with Crippen LogP contribution in [0.25, 0.3) is 0 Å². The third kappa shape index (κ3) is 3.25. The first-order valence-electron chi connectivity index (χ1n) is 5.07. The second-order valence-electron chi connectivity index (χ2n) is 3.13. The van der Waals surface area contributed by atoms with Crippen molar-refractivity contribution in [2.75, 3.05) is 6.61 Å². The van der Waals surface area contributed by atoms with Gasteiger partial charge < -0.3 is 4.74 Å². The average molecular weight is 215 g/mol. The lowest BCUT2D eigenvalue weighted by Gasteiger charge is -2.11. The lowest BCUT2D eigenvalue weighted by Crippen LogP contribution is -2.14. The van der Waals surface area contributed by atoms with Crippen LogP contribution in [0.4, 0.5) is 0 Å². The van der Waals surface area contributed by atoms with Gasteiger partial charge in [0.1, 0.15) is 5.92 Å². The van der Waals surface area contributed by atoms with Crippen molar-refractivity contribution in [1.29, 1.82) is 5.26 Å². The van der Waals surface area contributed by atoms with E-state index in [1.807, 2.05) is 36.4 Å². The molecular formula is C13H13NO2. The smallest absolute Gasteiger partial charge is 0.317 e. The van der Waals surface area contributed by atoms with E-state index in [2.05, 4.69) is 0 Å². The summed E-state index contributed by atoms with van der Waals surface area (Å²) in [5, 5.41) is 8.48. The zero-order valence-electron chi connectivity index (χ0n) is 9.09. The number of hydrogen-bond acceptors (Lipinski definition) is 3. The number of nitrogens with zero attached hydrogens (tertiary/aromatic N) is 1. The van der Waals surface area contributed by atoms with Crippen LogP contribution in [0.1, 0.15) is 18.4 Å². The van der Waals surface area contributed by atoms with Crippen LogP contribution >= 0.6 is 0 Å². The third-order valence-corrected chi connectivity index (χ3v) is 2.06. The van der Waals surface area contributed by atoms with Gasteiger partial charge in [0.15, 0.2) is 0 Å². The molecule has 0 saturated carbocycles. The van der Waals surface area contributed by atoms with Crippen molar-refractivity contribution in [3.63, 3.8) is 0 Å². The molecule has 0 aliphatic rings. The summed E-state index contributed by atoms with van der Waals surface area (Å²) in [6.45, 7) is 2.09. The van der Waals surface area contributed by atoms with Crippen LogP contribution in [0.2, 0.25) is 0 Å². The lowest BCUT2D eigenvalue weighted by atomic mass is 9.99. The van der Waals surface area contributed by atoms with Crippen molar-refractivity contribution < 1.29 is 9.53 Å². The summed E-state index contributed by atoms with van der Waals surface area (Å²) in [5.41, 5.74) is 0.826. The van der Waals surface area contributed by atoms with Crippen molar-refractivity contribution in [3.8, 4) is 6.07 Å². The monoisotopic (exact) mass is 215 g/mol. The van der Waals surface area contributed by atoms with Gasteiger partial charge in [0.05, 0.1) is 12.7 Å². The first-order chi connectivity index (χ1) is 7.79. The number of nitriles is 1. The number of carbonyl (C=O) groups excluding carboxylic acids is 1. The Morgan fingerprint density at radius 3 is 2.75 bits per heavy atom. The minimum atomic E-state index is -0.499.